The summed E-state index contributed by atoms with van der Waals surface area (Å²) >= 11 is 9.15. The number of nitrogens with zero attached hydrogens (tertiary/aromatic N) is 2. The number of aromatic nitrogens is 1. The maximum Gasteiger partial charge on any atom is 1.00 e. The Balaban J connectivity index is 0.00000336. The van der Waals surface area contributed by atoms with Gasteiger partial charge in [0.25, 0.3) is 5.01 Å². The first-order valence-corrected chi connectivity index (χ1v) is 16.2. The molecule has 0 spiro atoms. The third-order valence-corrected chi connectivity index (χ3v) is 9.74. The van der Waals surface area contributed by atoms with Gasteiger partial charge in [-0.3, -0.25) is 0 Å². The van der Waals surface area contributed by atoms with Crippen molar-refractivity contribution in [3.63, 3.8) is 0 Å². The van der Waals surface area contributed by atoms with E-state index in [-0.39, 0.29) is 84.1 Å². The van der Waals surface area contributed by atoms with Crippen LogP contribution in [-0.4, -0.2) is 50.8 Å². The average molecular weight is 643 g/mol. The van der Waals surface area contributed by atoms with Crippen LogP contribution in [0.1, 0.15) is 17.8 Å². The molecular weight excluding hydrogens is 623 g/mol. The zero-order valence-electron chi connectivity index (χ0n) is 20.1. The molecule has 38 heavy (non-hydrogen) atoms. The molecule has 0 bridgehead atoms. The summed E-state index contributed by atoms with van der Waals surface area (Å²) in [6, 6.07) is 9.11. The summed E-state index contributed by atoms with van der Waals surface area (Å²) in [7, 11) is -8.73. The third-order valence-electron chi connectivity index (χ3n) is 5.72. The van der Waals surface area contributed by atoms with Crippen LogP contribution in [0, 0.1) is 0 Å². The number of benzene rings is 2. The fraction of sp³-hybridized carbons (Fsp3) is 0.318. The number of hydrogen-bond donors (Lipinski definition) is 0. The van der Waals surface area contributed by atoms with Crippen molar-refractivity contribution in [1.82, 2.24) is 0 Å². The Morgan fingerprint density at radius 1 is 1.03 bits per heavy atom. The van der Waals surface area contributed by atoms with Gasteiger partial charge in [0.05, 0.1) is 43.1 Å². The Morgan fingerprint density at radius 3 is 2.42 bits per heavy atom. The van der Waals surface area contributed by atoms with Crippen LogP contribution in [0.5, 0.6) is 11.5 Å². The van der Waals surface area contributed by atoms with Crippen molar-refractivity contribution < 1.29 is 91.4 Å². The molecule has 198 valence electrons. The Labute approximate surface area is 275 Å². The molecule has 0 fully saturated rings. The molecule has 0 saturated carbocycles. The molecule has 2 aliphatic rings. The molecule has 0 radical (unpaired) electrons. The molecule has 2 aliphatic heterocycles. The van der Waals surface area contributed by atoms with Gasteiger partial charge in [-0.1, -0.05) is 34.7 Å². The van der Waals surface area contributed by atoms with Crippen LogP contribution < -0.4 is 70.3 Å². The van der Waals surface area contributed by atoms with Gasteiger partial charge in [-0.2, -0.15) is 4.57 Å². The number of thiazole rings is 1. The van der Waals surface area contributed by atoms with E-state index in [1.807, 2.05) is 33.7 Å². The molecule has 2 aromatic carbocycles. The zero-order chi connectivity index (χ0) is 26.4. The van der Waals surface area contributed by atoms with Gasteiger partial charge >= 0.3 is 51.4 Å². The topological polar surface area (TPSA) is 140 Å². The van der Waals surface area contributed by atoms with Crippen LogP contribution in [0.15, 0.2) is 40.3 Å². The van der Waals surface area contributed by atoms with Crippen molar-refractivity contribution in [3.05, 3.63) is 45.4 Å². The van der Waals surface area contributed by atoms with Crippen LogP contribution in [0.3, 0.4) is 0 Å². The third kappa shape index (κ3) is 7.25. The van der Waals surface area contributed by atoms with Gasteiger partial charge in [-0.15, -0.1) is 0 Å². The first-order chi connectivity index (χ1) is 17.5. The SMILES string of the molecule is O=S(=O)([O-])CCCN1C(=Cc2sc3cc4c(cc3[n+]2CCCS(=O)(=O)[O-])OCO4)Sc2ccc(Cl)cc21.[K+]. The number of halogens is 1. The Morgan fingerprint density at radius 2 is 1.71 bits per heavy atom. The largest absolute Gasteiger partial charge is 1.00 e. The minimum atomic E-state index is -4.37. The van der Waals surface area contributed by atoms with E-state index >= 15 is 0 Å². The fourth-order valence-corrected chi connectivity index (χ4v) is 7.59. The van der Waals surface area contributed by atoms with Crippen LogP contribution >= 0.6 is 34.7 Å². The number of fused-ring (bicyclic) bond motifs is 3. The molecule has 10 nitrogen and oxygen atoms in total. The van der Waals surface area contributed by atoms with Gasteiger partial charge in [0.15, 0.2) is 18.0 Å². The number of thioether (sulfide) groups is 1. The first-order valence-electron chi connectivity index (χ1n) is 11.1. The van der Waals surface area contributed by atoms with Crippen molar-refractivity contribution in [2.24, 2.45) is 0 Å². The Bertz CT molecular complexity index is 1630. The summed E-state index contributed by atoms with van der Waals surface area (Å²) < 4.78 is 81.0. The van der Waals surface area contributed by atoms with E-state index in [9.17, 15) is 25.9 Å². The molecule has 0 atom stereocenters. The normalized spacial score (nSPS) is 15.8. The predicted octanol–water partition coefficient (Wildman–Crippen LogP) is 0.356. The number of rotatable bonds is 9. The minimum absolute atomic E-state index is 0. The molecule has 0 aliphatic carbocycles. The van der Waals surface area contributed by atoms with Crippen molar-refractivity contribution in [2.45, 2.75) is 24.3 Å². The molecule has 1 aromatic heterocycles. The van der Waals surface area contributed by atoms with Gasteiger partial charge in [-0.25, -0.2) is 16.8 Å². The van der Waals surface area contributed by atoms with Crippen molar-refractivity contribution in [3.8, 4) is 11.5 Å². The summed E-state index contributed by atoms with van der Waals surface area (Å²) in [5, 5.41) is 2.09. The molecule has 0 amide bonds. The predicted molar refractivity (Wildman–Crippen MR) is 139 cm³/mol. The molecule has 0 saturated heterocycles. The average Bonchev–Trinajstić information content (AvgIpc) is 3.47. The van der Waals surface area contributed by atoms with Crippen LogP contribution in [0.4, 0.5) is 5.69 Å². The van der Waals surface area contributed by atoms with Crippen molar-refractivity contribution in [2.75, 3.05) is 29.7 Å². The number of hydrogen-bond acceptors (Lipinski definition) is 11. The van der Waals surface area contributed by atoms with Gasteiger partial charge in [-0.05, 0) is 24.6 Å². The molecular formula is C22H20ClKN2O8S4. The van der Waals surface area contributed by atoms with Crippen molar-refractivity contribution in [1.29, 1.82) is 0 Å². The van der Waals surface area contributed by atoms with Crippen LogP contribution in [0.25, 0.3) is 16.3 Å². The van der Waals surface area contributed by atoms with Crippen molar-refractivity contribution >= 4 is 76.9 Å². The van der Waals surface area contributed by atoms with E-state index in [0.717, 1.165) is 30.8 Å². The second-order valence-electron chi connectivity index (χ2n) is 8.34. The maximum atomic E-state index is 11.2. The standard InChI is InChI=1S/C22H21ClN2O8S4.K/c23-14-3-4-19-15(9-14)24(5-1-7-36(26,27)28)21(34-19)12-22-25(6-2-8-37(29,30)31)16-10-17-18(33-13-32-17)11-20(16)35-22;/h3-4,9-12H,1-2,5-8,13H2,(H-,26,27,28,29,30,31);/q;+1/p-1. The number of anilines is 1. The van der Waals surface area contributed by atoms with E-state index in [1.54, 1.807) is 12.1 Å². The monoisotopic (exact) mass is 642 g/mol. The van der Waals surface area contributed by atoms with Gasteiger partial charge in [0, 0.05) is 40.5 Å². The quantitative estimate of drug-likeness (QED) is 0.183. The molecule has 16 heteroatoms. The summed E-state index contributed by atoms with van der Waals surface area (Å²) in [6.45, 7) is 0.671. The zero-order valence-corrected chi connectivity index (χ0v) is 27.2. The number of aryl methyl sites for hydroxylation is 1. The van der Waals surface area contributed by atoms with Gasteiger partial charge < -0.3 is 23.5 Å². The van der Waals surface area contributed by atoms with Gasteiger partial charge in [0.2, 0.25) is 12.3 Å². The second-order valence-corrected chi connectivity index (χ2v) is 14.0. The second kappa shape index (κ2) is 12.2. The molecule has 0 unspecified atom stereocenters. The van der Waals surface area contributed by atoms with E-state index in [1.165, 1.54) is 23.1 Å². The van der Waals surface area contributed by atoms with Crippen LogP contribution in [0.2, 0.25) is 5.02 Å². The maximum absolute atomic E-state index is 11.2. The minimum Gasteiger partial charge on any atom is -0.748 e. The van der Waals surface area contributed by atoms with E-state index in [0.29, 0.717) is 16.5 Å². The number of ether oxygens (including phenoxy) is 2. The summed E-state index contributed by atoms with van der Waals surface area (Å²) in [4.78, 5) is 2.84. The molecule has 3 aromatic rings. The summed E-state index contributed by atoms with van der Waals surface area (Å²) in [5.41, 5.74) is 1.61. The summed E-state index contributed by atoms with van der Waals surface area (Å²) in [5.74, 6) is 0.203. The fourth-order valence-electron chi connectivity index (χ4n) is 4.15. The smallest absolute Gasteiger partial charge is 0.748 e. The van der Waals surface area contributed by atoms with Crippen LogP contribution in [-0.2, 0) is 26.8 Å². The van der Waals surface area contributed by atoms with E-state index < -0.39 is 31.7 Å². The van der Waals surface area contributed by atoms with E-state index in [2.05, 4.69) is 0 Å². The summed E-state index contributed by atoms with van der Waals surface area (Å²) in [6.07, 6.45) is 2.18. The Kier molecular flexibility index (Phi) is 9.80. The van der Waals surface area contributed by atoms with E-state index in [4.69, 9.17) is 21.1 Å². The first kappa shape index (κ1) is 30.5. The molecule has 5 rings (SSSR count). The van der Waals surface area contributed by atoms with Gasteiger partial charge in [0.1, 0.15) is 4.70 Å². The molecule has 3 heterocycles. The Hall–Kier alpha value is -0.434. The molecule has 0 N–H and O–H groups in total.